The van der Waals surface area contributed by atoms with Crippen LogP contribution in [0, 0.1) is 4.64 Å². The van der Waals surface area contributed by atoms with Gasteiger partial charge in [-0.15, -0.1) is 0 Å². The summed E-state index contributed by atoms with van der Waals surface area (Å²) >= 11 is 5.52. The van der Waals surface area contributed by atoms with Crippen LogP contribution in [0.25, 0.3) is 0 Å². The summed E-state index contributed by atoms with van der Waals surface area (Å²) < 4.78 is 6.39. The maximum absolute atomic E-state index is 5.66. The molecule has 1 atom stereocenters. The first kappa shape index (κ1) is 14.4. The molecule has 110 valence electrons. The highest BCUT2D eigenvalue weighted by Gasteiger charge is 2.19. The number of ether oxygens (including phenoxy) is 1. The van der Waals surface area contributed by atoms with E-state index in [1.807, 2.05) is 18.2 Å². The molecule has 0 saturated carbocycles. The Morgan fingerprint density at radius 1 is 1.14 bits per heavy atom. The summed E-state index contributed by atoms with van der Waals surface area (Å²) in [5.41, 5.74) is 3.57. The normalized spacial score (nSPS) is 16.0. The number of hydrogen-bond donors (Lipinski definition) is 1. The van der Waals surface area contributed by atoms with Gasteiger partial charge in [0.05, 0.1) is 0 Å². The van der Waals surface area contributed by atoms with Crippen LogP contribution in [-0.4, -0.2) is 17.1 Å². The largest absolute Gasteiger partial charge is 0.369 e. The predicted molar refractivity (Wildman–Crippen MR) is 86.0 cm³/mol. The van der Waals surface area contributed by atoms with Crippen molar-refractivity contribution in [1.82, 2.24) is 9.97 Å². The third-order valence-electron chi connectivity index (χ3n) is 4.06. The molecule has 1 unspecified atom stereocenters. The molecule has 0 bridgehead atoms. The van der Waals surface area contributed by atoms with Gasteiger partial charge in [-0.2, -0.15) is 0 Å². The van der Waals surface area contributed by atoms with Crippen LogP contribution in [0.2, 0.25) is 0 Å². The van der Waals surface area contributed by atoms with Gasteiger partial charge < -0.3 is 9.72 Å². The van der Waals surface area contributed by atoms with E-state index in [0.717, 1.165) is 28.9 Å². The summed E-state index contributed by atoms with van der Waals surface area (Å²) in [4.78, 5) is 8.10. The van der Waals surface area contributed by atoms with Crippen LogP contribution in [0.1, 0.15) is 48.0 Å². The second-order valence-electron chi connectivity index (χ2n) is 5.47. The van der Waals surface area contributed by atoms with E-state index in [4.69, 9.17) is 17.0 Å². The quantitative estimate of drug-likeness (QED) is 0.683. The molecule has 2 aromatic rings. The molecule has 1 heterocycles. The molecule has 3 nitrogen and oxygen atoms in total. The summed E-state index contributed by atoms with van der Waals surface area (Å²) in [7, 11) is 1.71. The first-order chi connectivity index (χ1) is 10.3. The van der Waals surface area contributed by atoms with Crippen molar-refractivity contribution in [2.75, 3.05) is 7.11 Å². The number of methoxy groups -OCH3 is 1. The number of aryl methyl sites for hydroxylation is 1. The molecule has 1 N–H and O–H groups in total. The van der Waals surface area contributed by atoms with Gasteiger partial charge in [0, 0.05) is 18.4 Å². The Morgan fingerprint density at radius 3 is 2.67 bits per heavy atom. The van der Waals surface area contributed by atoms with Crippen molar-refractivity contribution in [3.05, 3.63) is 57.6 Å². The number of nitrogens with one attached hydrogen (secondary N) is 1. The SMILES string of the molecule is COC(c1ccccc1)c1nc(=S)c2c([nH]1)CCCCC2. The van der Waals surface area contributed by atoms with Gasteiger partial charge in [-0.3, -0.25) is 0 Å². The maximum Gasteiger partial charge on any atom is 0.141 e. The second kappa shape index (κ2) is 6.50. The van der Waals surface area contributed by atoms with Crippen molar-refractivity contribution in [2.45, 2.75) is 38.2 Å². The third kappa shape index (κ3) is 3.06. The zero-order valence-corrected chi connectivity index (χ0v) is 13.1. The minimum absolute atomic E-state index is 0.193. The molecule has 1 aliphatic rings. The fourth-order valence-corrected chi connectivity index (χ4v) is 3.30. The molecule has 1 aromatic heterocycles. The van der Waals surface area contributed by atoms with Crippen LogP contribution >= 0.6 is 12.2 Å². The molecular formula is C17H20N2OS. The molecule has 0 saturated heterocycles. The highest BCUT2D eigenvalue weighted by Crippen LogP contribution is 2.26. The first-order valence-electron chi connectivity index (χ1n) is 7.49. The molecule has 0 amide bonds. The number of nitrogens with zero attached hydrogens (tertiary/aromatic N) is 1. The molecule has 0 radical (unpaired) electrons. The number of benzene rings is 1. The van der Waals surface area contributed by atoms with Crippen molar-refractivity contribution < 1.29 is 4.74 Å². The van der Waals surface area contributed by atoms with E-state index in [-0.39, 0.29) is 6.10 Å². The molecule has 4 heteroatoms. The van der Waals surface area contributed by atoms with Crippen LogP contribution < -0.4 is 0 Å². The van der Waals surface area contributed by atoms with E-state index < -0.39 is 0 Å². The van der Waals surface area contributed by atoms with Crippen LogP contribution in [0.5, 0.6) is 0 Å². The smallest absolute Gasteiger partial charge is 0.141 e. The number of H-pyrrole nitrogens is 1. The van der Waals surface area contributed by atoms with Crippen LogP contribution in [0.15, 0.2) is 30.3 Å². The molecule has 1 aliphatic carbocycles. The van der Waals surface area contributed by atoms with Gasteiger partial charge in [0.25, 0.3) is 0 Å². The van der Waals surface area contributed by atoms with Crippen molar-refractivity contribution >= 4 is 12.2 Å². The molecule has 0 fully saturated rings. The maximum atomic E-state index is 5.66. The van der Waals surface area contributed by atoms with Gasteiger partial charge in [0.15, 0.2) is 0 Å². The van der Waals surface area contributed by atoms with Crippen LogP contribution in [0.4, 0.5) is 0 Å². The average Bonchev–Trinajstić information content (AvgIpc) is 2.75. The van der Waals surface area contributed by atoms with E-state index in [1.54, 1.807) is 7.11 Å². The Balaban J connectivity index is 2.04. The van der Waals surface area contributed by atoms with E-state index >= 15 is 0 Å². The van der Waals surface area contributed by atoms with E-state index in [2.05, 4.69) is 22.1 Å². The molecule has 1 aromatic carbocycles. The van der Waals surface area contributed by atoms with Gasteiger partial charge in [-0.05, 0) is 31.2 Å². The fourth-order valence-electron chi connectivity index (χ4n) is 2.97. The van der Waals surface area contributed by atoms with Crippen molar-refractivity contribution in [2.24, 2.45) is 0 Å². The first-order valence-corrected chi connectivity index (χ1v) is 7.90. The van der Waals surface area contributed by atoms with E-state index in [1.165, 1.54) is 30.5 Å². The van der Waals surface area contributed by atoms with Crippen LogP contribution in [-0.2, 0) is 17.6 Å². The van der Waals surface area contributed by atoms with Gasteiger partial charge in [0.2, 0.25) is 0 Å². The van der Waals surface area contributed by atoms with Gasteiger partial charge in [-0.25, -0.2) is 4.98 Å². The lowest BCUT2D eigenvalue weighted by Gasteiger charge is -2.17. The lowest BCUT2D eigenvalue weighted by molar-refractivity contribution is 0.128. The Labute approximate surface area is 130 Å². The lowest BCUT2D eigenvalue weighted by Crippen LogP contribution is -2.12. The van der Waals surface area contributed by atoms with Gasteiger partial charge in [0.1, 0.15) is 16.6 Å². The monoisotopic (exact) mass is 300 g/mol. The molecule has 21 heavy (non-hydrogen) atoms. The summed E-state index contributed by atoms with van der Waals surface area (Å²) in [5.74, 6) is 0.814. The number of hydrogen-bond acceptors (Lipinski definition) is 3. The van der Waals surface area contributed by atoms with Crippen molar-refractivity contribution in [1.29, 1.82) is 0 Å². The molecule has 3 rings (SSSR count). The Morgan fingerprint density at radius 2 is 1.90 bits per heavy atom. The highest BCUT2D eigenvalue weighted by atomic mass is 32.1. The Hall–Kier alpha value is -1.52. The minimum Gasteiger partial charge on any atom is -0.369 e. The standard InChI is InChI=1S/C17H20N2OS/c1-20-15(12-8-4-2-5-9-12)16-18-14-11-7-3-6-10-13(14)17(21)19-16/h2,4-5,8-9,15H,3,6-7,10-11H2,1H3,(H,18,19,21). The molecular weight excluding hydrogens is 280 g/mol. The minimum atomic E-state index is -0.193. The number of aromatic amines is 1. The van der Waals surface area contributed by atoms with E-state index in [0.29, 0.717) is 0 Å². The second-order valence-corrected chi connectivity index (χ2v) is 5.86. The molecule has 0 aliphatic heterocycles. The van der Waals surface area contributed by atoms with Gasteiger partial charge >= 0.3 is 0 Å². The fraction of sp³-hybridized carbons (Fsp3) is 0.412. The number of aromatic nitrogens is 2. The number of fused-ring (bicyclic) bond motifs is 1. The van der Waals surface area contributed by atoms with Crippen LogP contribution in [0.3, 0.4) is 0 Å². The van der Waals surface area contributed by atoms with E-state index in [9.17, 15) is 0 Å². The Kier molecular flexibility index (Phi) is 4.46. The third-order valence-corrected chi connectivity index (χ3v) is 4.40. The molecule has 0 spiro atoms. The predicted octanol–water partition coefficient (Wildman–Crippen LogP) is 4.14. The zero-order valence-electron chi connectivity index (χ0n) is 12.3. The van der Waals surface area contributed by atoms with Crippen molar-refractivity contribution in [3.63, 3.8) is 0 Å². The summed E-state index contributed by atoms with van der Waals surface area (Å²) in [6.45, 7) is 0. The summed E-state index contributed by atoms with van der Waals surface area (Å²) in [5, 5.41) is 0. The topological polar surface area (TPSA) is 37.9 Å². The Bertz CT molecular complexity index is 666. The summed E-state index contributed by atoms with van der Waals surface area (Å²) in [6, 6.07) is 10.1. The highest BCUT2D eigenvalue weighted by molar-refractivity contribution is 7.71. The number of rotatable bonds is 3. The van der Waals surface area contributed by atoms with Gasteiger partial charge in [-0.1, -0.05) is 49.0 Å². The zero-order chi connectivity index (χ0) is 14.7. The summed E-state index contributed by atoms with van der Waals surface area (Å²) in [6.07, 6.45) is 5.59. The average molecular weight is 300 g/mol. The lowest BCUT2D eigenvalue weighted by atomic mass is 10.1. The van der Waals surface area contributed by atoms with Crippen molar-refractivity contribution in [3.8, 4) is 0 Å².